The van der Waals surface area contributed by atoms with Gasteiger partial charge >= 0.3 is 0 Å². The van der Waals surface area contributed by atoms with Gasteiger partial charge in [-0.1, -0.05) is 37.3 Å². The van der Waals surface area contributed by atoms with E-state index in [1.54, 1.807) is 0 Å². The Bertz CT molecular complexity index is 502. The maximum Gasteiger partial charge on any atom is 0.211 e. The van der Waals surface area contributed by atoms with E-state index in [4.69, 9.17) is 0 Å². The molecule has 1 aromatic rings. The molecule has 1 aliphatic rings. The fraction of sp³-hybridized carbons (Fsp3) is 0.600. The highest BCUT2D eigenvalue weighted by atomic mass is 32.2. The van der Waals surface area contributed by atoms with Crippen molar-refractivity contribution in [1.82, 2.24) is 10.0 Å². The molecule has 0 aromatic heterocycles. The average molecular weight is 296 g/mol. The molecule has 0 spiro atoms. The Hall–Kier alpha value is -0.910. The quantitative estimate of drug-likeness (QED) is 0.834. The Morgan fingerprint density at radius 2 is 2.05 bits per heavy atom. The molecule has 20 heavy (non-hydrogen) atoms. The van der Waals surface area contributed by atoms with Crippen LogP contribution in [0.4, 0.5) is 0 Å². The van der Waals surface area contributed by atoms with Crippen molar-refractivity contribution >= 4 is 10.0 Å². The van der Waals surface area contributed by atoms with Gasteiger partial charge in [0.05, 0.1) is 5.75 Å². The van der Waals surface area contributed by atoms with Gasteiger partial charge in [0.25, 0.3) is 0 Å². The smallest absolute Gasteiger partial charge is 0.211 e. The van der Waals surface area contributed by atoms with Crippen LogP contribution in [0.25, 0.3) is 0 Å². The molecule has 2 N–H and O–H groups in total. The molecule has 2 rings (SSSR count). The Balaban J connectivity index is 1.79. The van der Waals surface area contributed by atoms with Crippen molar-refractivity contribution in [2.45, 2.75) is 19.8 Å². The van der Waals surface area contributed by atoms with Crippen LogP contribution in [0, 0.1) is 11.8 Å². The van der Waals surface area contributed by atoms with Crippen LogP contribution in [-0.2, 0) is 16.4 Å². The lowest BCUT2D eigenvalue weighted by atomic mass is 9.88. The van der Waals surface area contributed by atoms with Gasteiger partial charge in [-0.2, -0.15) is 0 Å². The third-order valence-electron chi connectivity index (χ3n) is 4.06. The highest BCUT2D eigenvalue weighted by Gasteiger charge is 2.22. The van der Waals surface area contributed by atoms with Crippen molar-refractivity contribution in [1.29, 1.82) is 0 Å². The molecule has 5 heteroatoms. The molecule has 2 unspecified atom stereocenters. The van der Waals surface area contributed by atoms with Crippen LogP contribution in [0.15, 0.2) is 30.3 Å². The van der Waals surface area contributed by atoms with Gasteiger partial charge in [0.15, 0.2) is 0 Å². The van der Waals surface area contributed by atoms with Gasteiger partial charge in [0.1, 0.15) is 0 Å². The lowest BCUT2D eigenvalue weighted by Gasteiger charge is -2.29. The summed E-state index contributed by atoms with van der Waals surface area (Å²) in [5.41, 5.74) is 1.06. The van der Waals surface area contributed by atoms with Crippen LogP contribution in [0.2, 0.25) is 0 Å². The van der Waals surface area contributed by atoms with Gasteiger partial charge in [0.2, 0.25) is 10.0 Å². The third kappa shape index (κ3) is 4.89. The second kappa shape index (κ2) is 7.20. The molecule has 0 aliphatic carbocycles. The summed E-state index contributed by atoms with van der Waals surface area (Å²) in [5, 5.41) is 3.32. The third-order valence-corrected chi connectivity index (χ3v) is 5.40. The normalized spacial score (nSPS) is 23.6. The summed E-state index contributed by atoms with van der Waals surface area (Å²) in [5.74, 6) is 1.13. The van der Waals surface area contributed by atoms with Crippen molar-refractivity contribution < 1.29 is 8.42 Å². The molecule has 1 fully saturated rings. The maximum atomic E-state index is 12.0. The monoisotopic (exact) mass is 296 g/mol. The van der Waals surface area contributed by atoms with E-state index in [-0.39, 0.29) is 5.75 Å². The van der Waals surface area contributed by atoms with Crippen molar-refractivity contribution in [3.8, 4) is 0 Å². The van der Waals surface area contributed by atoms with E-state index in [9.17, 15) is 8.42 Å². The van der Waals surface area contributed by atoms with E-state index >= 15 is 0 Å². The highest BCUT2D eigenvalue weighted by molar-refractivity contribution is 7.89. The number of aryl methyl sites for hydroxylation is 1. The number of hydrogen-bond donors (Lipinski definition) is 2. The molecule has 0 saturated carbocycles. The minimum Gasteiger partial charge on any atom is -0.316 e. The van der Waals surface area contributed by atoms with Crippen molar-refractivity contribution in [2.24, 2.45) is 11.8 Å². The topological polar surface area (TPSA) is 58.2 Å². The lowest BCUT2D eigenvalue weighted by Crippen LogP contribution is -2.42. The van der Waals surface area contributed by atoms with E-state index in [2.05, 4.69) is 17.0 Å². The molecule has 1 aliphatic heterocycles. The van der Waals surface area contributed by atoms with Crippen LogP contribution in [-0.4, -0.2) is 33.8 Å². The highest BCUT2D eigenvalue weighted by Crippen LogP contribution is 2.17. The first-order valence-corrected chi connectivity index (χ1v) is 8.94. The average Bonchev–Trinajstić information content (AvgIpc) is 2.46. The van der Waals surface area contributed by atoms with Gasteiger partial charge in [-0.25, -0.2) is 13.1 Å². The molecular weight excluding hydrogens is 272 g/mol. The molecule has 4 nitrogen and oxygen atoms in total. The van der Waals surface area contributed by atoms with E-state index in [0.29, 0.717) is 24.8 Å². The second-order valence-electron chi connectivity index (χ2n) is 5.63. The Morgan fingerprint density at radius 1 is 1.30 bits per heavy atom. The Morgan fingerprint density at radius 3 is 2.75 bits per heavy atom. The molecule has 0 amide bonds. The Labute approximate surface area is 122 Å². The van der Waals surface area contributed by atoms with Gasteiger partial charge < -0.3 is 5.32 Å². The van der Waals surface area contributed by atoms with Crippen LogP contribution < -0.4 is 10.0 Å². The summed E-state index contributed by atoms with van der Waals surface area (Å²) in [6.07, 6.45) is 1.69. The number of piperidine rings is 1. The molecule has 0 radical (unpaired) electrons. The summed E-state index contributed by atoms with van der Waals surface area (Å²) in [4.78, 5) is 0. The van der Waals surface area contributed by atoms with Crippen LogP contribution in [0.1, 0.15) is 18.9 Å². The summed E-state index contributed by atoms with van der Waals surface area (Å²) < 4.78 is 26.8. The summed E-state index contributed by atoms with van der Waals surface area (Å²) in [6.45, 7) is 4.69. The minimum absolute atomic E-state index is 0.158. The van der Waals surface area contributed by atoms with Crippen LogP contribution >= 0.6 is 0 Å². The van der Waals surface area contributed by atoms with Crippen LogP contribution in [0.3, 0.4) is 0 Å². The second-order valence-corrected chi connectivity index (χ2v) is 7.56. The predicted molar refractivity (Wildman–Crippen MR) is 82.1 cm³/mol. The predicted octanol–water partition coefficient (Wildman–Crippen LogP) is 1.39. The number of nitrogens with one attached hydrogen (secondary N) is 2. The molecule has 112 valence electrons. The zero-order valence-electron chi connectivity index (χ0n) is 12.0. The fourth-order valence-electron chi connectivity index (χ4n) is 2.53. The maximum absolute atomic E-state index is 12.0. The number of sulfonamides is 1. The van der Waals surface area contributed by atoms with Gasteiger partial charge in [-0.15, -0.1) is 0 Å². The zero-order valence-corrected chi connectivity index (χ0v) is 12.8. The molecular formula is C15H24N2O2S. The van der Waals surface area contributed by atoms with E-state index < -0.39 is 10.0 Å². The minimum atomic E-state index is -3.18. The Kier molecular flexibility index (Phi) is 5.57. The first-order valence-electron chi connectivity index (χ1n) is 7.29. The van der Waals surface area contributed by atoms with Crippen molar-refractivity contribution in [2.75, 3.05) is 25.4 Å². The van der Waals surface area contributed by atoms with E-state index in [1.165, 1.54) is 0 Å². The number of hydrogen-bond acceptors (Lipinski definition) is 3. The zero-order chi connectivity index (χ0) is 14.4. The molecule has 1 saturated heterocycles. The molecule has 1 heterocycles. The van der Waals surface area contributed by atoms with Crippen molar-refractivity contribution in [3.63, 3.8) is 0 Å². The first-order chi connectivity index (χ1) is 9.57. The van der Waals surface area contributed by atoms with E-state index in [1.807, 2.05) is 30.3 Å². The molecule has 1 aromatic carbocycles. The largest absolute Gasteiger partial charge is 0.316 e. The number of rotatable bonds is 6. The fourth-order valence-corrected chi connectivity index (χ4v) is 3.65. The molecule has 0 bridgehead atoms. The summed E-state index contributed by atoms with van der Waals surface area (Å²) >= 11 is 0. The first kappa shape index (κ1) is 15.5. The lowest BCUT2D eigenvalue weighted by molar-refractivity contribution is 0.275. The summed E-state index contributed by atoms with van der Waals surface area (Å²) in [6, 6.07) is 9.73. The van der Waals surface area contributed by atoms with Crippen LogP contribution in [0.5, 0.6) is 0 Å². The van der Waals surface area contributed by atoms with Crippen molar-refractivity contribution in [3.05, 3.63) is 35.9 Å². The standard InChI is InChI=1S/C15H24N2O2S/c1-13-7-9-16-11-15(13)12-17-20(18,19)10-8-14-5-3-2-4-6-14/h2-6,13,15-17H,7-12H2,1H3. The van der Waals surface area contributed by atoms with Gasteiger partial charge in [-0.3, -0.25) is 0 Å². The number of benzene rings is 1. The summed E-state index contributed by atoms with van der Waals surface area (Å²) in [7, 11) is -3.18. The van der Waals surface area contributed by atoms with E-state index in [0.717, 1.165) is 25.1 Å². The molecule has 2 atom stereocenters. The van der Waals surface area contributed by atoms with Gasteiger partial charge in [0, 0.05) is 6.54 Å². The SMILES string of the molecule is CC1CCNCC1CNS(=O)(=O)CCc1ccccc1. The van der Waals surface area contributed by atoms with Gasteiger partial charge in [-0.05, 0) is 43.3 Å².